The number of terminal acetylenes is 1. The van der Waals surface area contributed by atoms with Gasteiger partial charge in [-0.15, -0.1) is 16.6 Å². The van der Waals surface area contributed by atoms with Crippen LogP contribution < -0.4 is 10.0 Å². The fourth-order valence-corrected chi connectivity index (χ4v) is 2.83. The number of carbonyl (C=O) groups is 1. The van der Waals surface area contributed by atoms with E-state index in [0.29, 0.717) is 5.89 Å². The minimum atomic E-state index is -3.77. The van der Waals surface area contributed by atoms with Crippen LogP contribution in [0.3, 0.4) is 0 Å². The number of sulfonamides is 1. The number of hydrogen-bond donors (Lipinski definition) is 2. The Morgan fingerprint density at radius 3 is 2.79 bits per heavy atom. The lowest BCUT2D eigenvalue weighted by Gasteiger charge is -2.11. The standard InChI is InChI=1S/C15H16N4O4S/c1-4-8-16-24(21,22)13-7-5-6-12(9-13)14(20)17-10(2)15-19-18-11(3)23-15/h1,5-7,9-10,16H,8H2,2-3H3,(H,17,20). The molecule has 2 rings (SSSR count). The number of aryl methyl sites for hydroxylation is 1. The van der Waals surface area contributed by atoms with Crippen LogP contribution in [-0.2, 0) is 10.0 Å². The van der Waals surface area contributed by atoms with Crippen molar-refractivity contribution in [2.24, 2.45) is 0 Å². The first-order valence-corrected chi connectivity index (χ1v) is 8.46. The molecule has 0 aliphatic heterocycles. The SMILES string of the molecule is C#CCNS(=O)(=O)c1cccc(C(=O)NC(C)c2nnc(C)o2)c1. The second kappa shape index (κ2) is 7.25. The number of nitrogens with one attached hydrogen (secondary N) is 2. The van der Waals surface area contributed by atoms with Crippen molar-refractivity contribution in [3.63, 3.8) is 0 Å². The lowest BCUT2D eigenvalue weighted by molar-refractivity contribution is 0.0933. The molecule has 1 aromatic carbocycles. The highest BCUT2D eigenvalue weighted by Gasteiger charge is 2.19. The van der Waals surface area contributed by atoms with Crippen molar-refractivity contribution in [1.82, 2.24) is 20.2 Å². The van der Waals surface area contributed by atoms with E-state index in [-0.39, 0.29) is 22.9 Å². The van der Waals surface area contributed by atoms with Gasteiger partial charge in [0, 0.05) is 12.5 Å². The molecular weight excluding hydrogens is 332 g/mol. The molecule has 1 aromatic heterocycles. The molecule has 126 valence electrons. The fraction of sp³-hybridized carbons (Fsp3) is 0.267. The number of hydrogen-bond acceptors (Lipinski definition) is 6. The van der Waals surface area contributed by atoms with E-state index < -0.39 is 22.0 Å². The van der Waals surface area contributed by atoms with E-state index in [1.807, 2.05) is 0 Å². The van der Waals surface area contributed by atoms with Gasteiger partial charge in [-0.25, -0.2) is 8.42 Å². The predicted molar refractivity (Wildman–Crippen MR) is 85.4 cm³/mol. The Kier molecular flexibility index (Phi) is 5.33. The minimum Gasteiger partial charge on any atom is -0.423 e. The van der Waals surface area contributed by atoms with Crippen molar-refractivity contribution in [2.75, 3.05) is 6.54 Å². The number of amides is 1. The lowest BCUT2D eigenvalue weighted by atomic mass is 10.2. The van der Waals surface area contributed by atoms with Crippen LogP contribution in [0.1, 0.15) is 35.1 Å². The van der Waals surface area contributed by atoms with Gasteiger partial charge in [0.25, 0.3) is 5.91 Å². The molecule has 1 heterocycles. The van der Waals surface area contributed by atoms with Gasteiger partial charge in [-0.1, -0.05) is 12.0 Å². The maximum atomic E-state index is 12.3. The molecule has 1 atom stereocenters. The molecule has 8 nitrogen and oxygen atoms in total. The fourth-order valence-electron chi connectivity index (χ4n) is 1.85. The van der Waals surface area contributed by atoms with Crippen molar-refractivity contribution in [2.45, 2.75) is 24.8 Å². The molecule has 1 unspecified atom stereocenters. The highest BCUT2D eigenvalue weighted by atomic mass is 32.2. The normalized spacial score (nSPS) is 12.4. The monoisotopic (exact) mass is 348 g/mol. The van der Waals surface area contributed by atoms with Crippen LogP contribution in [0.15, 0.2) is 33.6 Å². The van der Waals surface area contributed by atoms with E-state index in [4.69, 9.17) is 10.8 Å². The number of rotatable bonds is 6. The van der Waals surface area contributed by atoms with E-state index >= 15 is 0 Å². The third kappa shape index (κ3) is 4.18. The molecule has 0 aliphatic rings. The van der Waals surface area contributed by atoms with Crippen molar-refractivity contribution < 1.29 is 17.6 Å². The van der Waals surface area contributed by atoms with Gasteiger partial charge in [0.1, 0.15) is 6.04 Å². The van der Waals surface area contributed by atoms with E-state index in [1.165, 1.54) is 24.3 Å². The minimum absolute atomic E-state index is 0.0494. The van der Waals surface area contributed by atoms with Crippen LogP contribution in [0.25, 0.3) is 0 Å². The Morgan fingerprint density at radius 1 is 1.42 bits per heavy atom. The summed E-state index contributed by atoms with van der Waals surface area (Å²) >= 11 is 0. The number of aromatic nitrogens is 2. The number of carbonyl (C=O) groups excluding carboxylic acids is 1. The van der Waals surface area contributed by atoms with Crippen molar-refractivity contribution in [1.29, 1.82) is 0 Å². The zero-order chi connectivity index (χ0) is 17.7. The molecule has 0 radical (unpaired) electrons. The molecule has 0 aliphatic carbocycles. The van der Waals surface area contributed by atoms with Crippen LogP contribution in [0.5, 0.6) is 0 Å². The van der Waals surface area contributed by atoms with E-state index in [1.54, 1.807) is 13.8 Å². The summed E-state index contributed by atoms with van der Waals surface area (Å²) in [4.78, 5) is 12.2. The van der Waals surface area contributed by atoms with E-state index in [9.17, 15) is 13.2 Å². The highest BCUT2D eigenvalue weighted by molar-refractivity contribution is 7.89. The first-order chi connectivity index (χ1) is 11.3. The summed E-state index contributed by atoms with van der Waals surface area (Å²) in [7, 11) is -3.77. The summed E-state index contributed by atoms with van der Waals surface area (Å²) in [6.45, 7) is 3.19. The topological polar surface area (TPSA) is 114 Å². The molecule has 2 aromatic rings. The molecular formula is C15H16N4O4S. The quantitative estimate of drug-likeness (QED) is 0.746. The molecule has 9 heteroatoms. The average Bonchev–Trinajstić information content (AvgIpc) is 2.99. The third-order valence-corrected chi connectivity index (χ3v) is 4.43. The Balaban J connectivity index is 2.16. The number of benzene rings is 1. The van der Waals surface area contributed by atoms with Gasteiger partial charge >= 0.3 is 0 Å². The lowest BCUT2D eigenvalue weighted by Crippen LogP contribution is -2.28. The second-order valence-electron chi connectivity index (χ2n) is 4.91. The first kappa shape index (κ1) is 17.7. The van der Waals surface area contributed by atoms with Gasteiger partial charge in [0.05, 0.1) is 11.4 Å². The Bertz CT molecular complexity index is 883. The molecule has 0 saturated heterocycles. The van der Waals surface area contributed by atoms with E-state index in [2.05, 4.69) is 26.2 Å². The van der Waals surface area contributed by atoms with Gasteiger partial charge in [0.2, 0.25) is 21.8 Å². The molecule has 0 fully saturated rings. The zero-order valence-electron chi connectivity index (χ0n) is 13.1. The molecule has 0 spiro atoms. The summed E-state index contributed by atoms with van der Waals surface area (Å²) < 4.78 is 31.6. The molecule has 2 N–H and O–H groups in total. The second-order valence-corrected chi connectivity index (χ2v) is 6.68. The van der Waals surface area contributed by atoms with Gasteiger partial charge in [-0.2, -0.15) is 4.72 Å². The Labute approximate surface area is 139 Å². The molecule has 24 heavy (non-hydrogen) atoms. The Morgan fingerprint density at radius 2 is 2.17 bits per heavy atom. The molecule has 1 amide bonds. The zero-order valence-corrected chi connectivity index (χ0v) is 13.9. The summed E-state index contributed by atoms with van der Waals surface area (Å²) in [5, 5.41) is 10.2. The summed E-state index contributed by atoms with van der Waals surface area (Å²) in [5.74, 6) is 2.37. The van der Waals surface area contributed by atoms with Crippen molar-refractivity contribution in [3.05, 3.63) is 41.6 Å². The van der Waals surface area contributed by atoms with Crippen LogP contribution >= 0.6 is 0 Å². The Hall–Kier alpha value is -2.70. The van der Waals surface area contributed by atoms with Crippen LogP contribution in [0.4, 0.5) is 0 Å². The third-order valence-electron chi connectivity index (χ3n) is 3.03. The van der Waals surface area contributed by atoms with Gasteiger partial charge in [0.15, 0.2) is 0 Å². The maximum Gasteiger partial charge on any atom is 0.251 e. The molecule has 0 saturated carbocycles. The smallest absolute Gasteiger partial charge is 0.251 e. The predicted octanol–water partition coefficient (Wildman–Crippen LogP) is 0.781. The van der Waals surface area contributed by atoms with Crippen LogP contribution in [0.2, 0.25) is 0 Å². The number of nitrogens with zero attached hydrogens (tertiary/aromatic N) is 2. The van der Waals surface area contributed by atoms with Crippen molar-refractivity contribution >= 4 is 15.9 Å². The van der Waals surface area contributed by atoms with Crippen LogP contribution in [-0.4, -0.2) is 31.1 Å². The summed E-state index contributed by atoms with van der Waals surface area (Å²) in [5.41, 5.74) is 0.182. The maximum absolute atomic E-state index is 12.3. The average molecular weight is 348 g/mol. The van der Waals surface area contributed by atoms with Gasteiger partial charge in [-0.05, 0) is 25.1 Å². The van der Waals surface area contributed by atoms with E-state index in [0.717, 1.165) is 0 Å². The summed E-state index contributed by atoms with van der Waals surface area (Å²) in [6.07, 6.45) is 5.04. The van der Waals surface area contributed by atoms with Gasteiger partial charge < -0.3 is 9.73 Å². The van der Waals surface area contributed by atoms with Crippen LogP contribution in [0, 0.1) is 19.3 Å². The largest absolute Gasteiger partial charge is 0.423 e. The van der Waals surface area contributed by atoms with Gasteiger partial charge in [-0.3, -0.25) is 4.79 Å². The highest BCUT2D eigenvalue weighted by Crippen LogP contribution is 2.14. The molecule has 0 bridgehead atoms. The summed E-state index contributed by atoms with van der Waals surface area (Å²) in [6, 6.07) is 5.10. The first-order valence-electron chi connectivity index (χ1n) is 6.97. The van der Waals surface area contributed by atoms with Crippen molar-refractivity contribution in [3.8, 4) is 12.3 Å².